The number of nitrogens with one attached hydrogen (secondary N) is 1. The zero-order valence-electron chi connectivity index (χ0n) is 15.6. The van der Waals surface area contributed by atoms with Crippen LogP contribution in [0.1, 0.15) is 24.2 Å². The van der Waals surface area contributed by atoms with Gasteiger partial charge in [-0.25, -0.2) is 9.99 Å². The van der Waals surface area contributed by atoms with Gasteiger partial charge in [-0.2, -0.15) is 5.10 Å². The lowest BCUT2D eigenvalue weighted by Crippen LogP contribution is -2.39. The highest BCUT2D eigenvalue weighted by atomic mass is 16.2. The normalized spacial score (nSPS) is 14.2. The molecule has 142 valence electrons. The van der Waals surface area contributed by atoms with Crippen molar-refractivity contribution in [2.45, 2.75) is 25.9 Å². The maximum absolute atomic E-state index is 12.8. The zero-order valence-corrected chi connectivity index (χ0v) is 15.6. The standard InChI is InChI=1S/C21H21N5O2/c1-25(14-19-22-16-9-5-6-10-17(16)23-19)21(28)18-11-12-20(27)26(24-18)13-15-7-3-2-4-8-15/h2-10H,11-14H2,1H3,(H,22,23). The van der Waals surface area contributed by atoms with Crippen molar-refractivity contribution in [3.8, 4) is 0 Å². The number of amides is 2. The van der Waals surface area contributed by atoms with Crippen LogP contribution in [0.25, 0.3) is 11.0 Å². The summed E-state index contributed by atoms with van der Waals surface area (Å²) in [5, 5.41) is 5.73. The molecule has 2 amide bonds. The number of hydrogen-bond acceptors (Lipinski definition) is 4. The van der Waals surface area contributed by atoms with Crippen LogP contribution in [0.2, 0.25) is 0 Å². The van der Waals surface area contributed by atoms with Crippen molar-refractivity contribution in [3.05, 3.63) is 66.0 Å². The van der Waals surface area contributed by atoms with E-state index in [4.69, 9.17) is 0 Å². The zero-order chi connectivity index (χ0) is 19.5. The molecule has 4 rings (SSSR count). The first-order chi connectivity index (χ1) is 13.6. The minimum Gasteiger partial charge on any atom is -0.340 e. The molecule has 0 atom stereocenters. The van der Waals surface area contributed by atoms with Crippen LogP contribution in [0.15, 0.2) is 59.7 Å². The Labute approximate surface area is 162 Å². The van der Waals surface area contributed by atoms with E-state index in [0.717, 1.165) is 16.6 Å². The Morgan fingerprint density at radius 2 is 1.86 bits per heavy atom. The second-order valence-electron chi connectivity index (χ2n) is 6.85. The fourth-order valence-electron chi connectivity index (χ4n) is 3.23. The van der Waals surface area contributed by atoms with Crippen molar-refractivity contribution in [3.63, 3.8) is 0 Å². The van der Waals surface area contributed by atoms with Gasteiger partial charge in [-0.1, -0.05) is 42.5 Å². The van der Waals surface area contributed by atoms with Crippen LogP contribution in [-0.2, 0) is 22.7 Å². The van der Waals surface area contributed by atoms with Crippen LogP contribution in [-0.4, -0.2) is 44.5 Å². The van der Waals surface area contributed by atoms with Crippen molar-refractivity contribution in [1.82, 2.24) is 19.9 Å². The van der Waals surface area contributed by atoms with Gasteiger partial charge in [0.2, 0.25) is 5.91 Å². The molecule has 7 heteroatoms. The molecular weight excluding hydrogens is 354 g/mol. The third-order valence-electron chi connectivity index (χ3n) is 4.70. The summed E-state index contributed by atoms with van der Waals surface area (Å²) in [7, 11) is 1.72. The molecule has 1 N–H and O–H groups in total. The van der Waals surface area contributed by atoms with Crippen LogP contribution in [0, 0.1) is 0 Å². The summed E-state index contributed by atoms with van der Waals surface area (Å²) in [5.74, 6) is 0.456. The average Bonchev–Trinajstić information content (AvgIpc) is 3.12. The molecule has 3 aromatic rings. The molecule has 28 heavy (non-hydrogen) atoms. The summed E-state index contributed by atoms with van der Waals surface area (Å²) < 4.78 is 0. The van der Waals surface area contributed by atoms with Gasteiger partial charge in [-0.3, -0.25) is 9.59 Å². The summed E-state index contributed by atoms with van der Waals surface area (Å²) in [5.41, 5.74) is 3.18. The largest absolute Gasteiger partial charge is 0.340 e. The smallest absolute Gasteiger partial charge is 0.270 e. The van der Waals surface area contributed by atoms with E-state index in [2.05, 4.69) is 15.1 Å². The molecule has 7 nitrogen and oxygen atoms in total. The van der Waals surface area contributed by atoms with Crippen molar-refractivity contribution >= 4 is 28.6 Å². The Morgan fingerprint density at radius 1 is 1.11 bits per heavy atom. The number of aromatic amines is 1. The Morgan fingerprint density at radius 3 is 2.64 bits per heavy atom. The van der Waals surface area contributed by atoms with Gasteiger partial charge in [0.15, 0.2) is 0 Å². The third-order valence-corrected chi connectivity index (χ3v) is 4.70. The SMILES string of the molecule is CN(Cc1nc2ccccc2[nH]1)C(=O)C1=NN(Cc2ccccc2)C(=O)CC1. The molecule has 1 aromatic heterocycles. The molecular formula is C21H21N5O2. The second kappa shape index (κ2) is 7.64. The molecule has 0 unspecified atom stereocenters. The van der Waals surface area contributed by atoms with E-state index in [1.807, 2.05) is 54.6 Å². The van der Waals surface area contributed by atoms with E-state index in [9.17, 15) is 9.59 Å². The number of hydrazone groups is 1. The lowest BCUT2D eigenvalue weighted by atomic mass is 10.1. The van der Waals surface area contributed by atoms with Gasteiger partial charge in [0.1, 0.15) is 11.5 Å². The number of carbonyl (C=O) groups excluding carboxylic acids is 2. The highest BCUT2D eigenvalue weighted by Crippen LogP contribution is 2.16. The lowest BCUT2D eigenvalue weighted by molar-refractivity contribution is -0.132. The predicted molar refractivity (Wildman–Crippen MR) is 106 cm³/mol. The van der Waals surface area contributed by atoms with Crippen LogP contribution >= 0.6 is 0 Å². The Kier molecular flexibility index (Phi) is 4.89. The van der Waals surface area contributed by atoms with Crippen LogP contribution in [0.5, 0.6) is 0 Å². The van der Waals surface area contributed by atoms with Crippen molar-refractivity contribution < 1.29 is 9.59 Å². The average molecular weight is 375 g/mol. The van der Waals surface area contributed by atoms with E-state index in [1.54, 1.807) is 11.9 Å². The lowest BCUT2D eigenvalue weighted by Gasteiger charge is -2.25. The molecule has 1 aliphatic rings. The van der Waals surface area contributed by atoms with Crippen molar-refractivity contribution in [2.24, 2.45) is 5.10 Å². The first-order valence-electron chi connectivity index (χ1n) is 9.21. The summed E-state index contributed by atoms with van der Waals surface area (Å²) in [6.07, 6.45) is 0.642. The van der Waals surface area contributed by atoms with Gasteiger partial charge in [-0.15, -0.1) is 0 Å². The van der Waals surface area contributed by atoms with Gasteiger partial charge in [-0.05, 0) is 17.7 Å². The molecule has 0 saturated carbocycles. The molecule has 2 aromatic carbocycles. The van der Waals surface area contributed by atoms with Crippen LogP contribution in [0.4, 0.5) is 0 Å². The number of H-pyrrole nitrogens is 1. The van der Waals surface area contributed by atoms with Crippen LogP contribution in [0.3, 0.4) is 0 Å². The van der Waals surface area contributed by atoms with Gasteiger partial charge >= 0.3 is 0 Å². The van der Waals surface area contributed by atoms with Gasteiger partial charge in [0.05, 0.1) is 24.1 Å². The third kappa shape index (κ3) is 3.78. The molecule has 0 aliphatic carbocycles. The first kappa shape index (κ1) is 17.9. The number of rotatable bonds is 5. The molecule has 2 heterocycles. The number of para-hydroxylation sites is 2. The number of benzene rings is 2. The van der Waals surface area contributed by atoms with Crippen molar-refractivity contribution in [1.29, 1.82) is 0 Å². The molecule has 1 aliphatic heterocycles. The highest BCUT2D eigenvalue weighted by Gasteiger charge is 2.26. The summed E-state index contributed by atoms with van der Waals surface area (Å²) in [6.45, 7) is 0.711. The first-order valence-corrected chi connectivity index (χ1v) is 9.21. The maximum atomic E-state index is 12.8. The Balaban J connectivity index is 1.47. The van der Waals surface area contributed by atoms with Crippen molar-refractivity contribution in [2.75, 3.05) is 7.05 Å². The monoisotopic (exact) mass is 375 g/mol. The maximum Gasteiger partial charge on any atom is 0.270 e. The summed E-state index contributed by atoms with van der Waals surface area (Å²) in [6, 6.07) is 17.4. The van der Waals surface area contributed by atoms with E-state index in [0.29, 0.717) is 31.0 Å². The number of aromatic nitrogens is 2. The van der Waals surface area contributed by atoms with E-state index >= 15 is 0 Å². The topological polar surface area (TPSA) is 81.7 Å². The number of fused-ring (bicyclic) bond motifs is 1. The number of carbonyl (C=O) groups is 2. The van der Waals surface area contributed by atoms with Crippen LogP contribution < -0.4 is 0 Å². The Hall–Kier alpha value is -3.48. The van der Waals surface area contributed by atoms with Gasteiger partial charge in [0, 0.05) is 19.9 Å². The highest BCUT2D eigenvalue weighted by molar-refractivity contribution is 6.39. The minimum atomic E-state index is -0.189. The fourth-order valence-corrected chi connectivity index (χ4v) is 3.23. The second-order valence-corrected chi connectivity index (χ2v) is 6.85. The molecule has 0 saturated heterocycles. The molecule has 0 fully saturated rings. The molecule has 0 radical (unpaired) electrons. The quantitative estimate of drug-likeness (QED) is 0.744. The molecule has 0 bridgehead atoms. The van der Waals surface area contributed by atoms with Gasteiger partial charge < -0.3 is 9.88 Å². The number of nitrogens with zero attached hydrogens (tertiary/aromatic N) is 4. The van der Waals surface area contributed by atoms with E-state index < -0.39 is 0 Å². The van der Waals surface area contributed by atoms with E-state index in [1.165, 1.54) is 5.01 Å². The number of imidazole rings is 1. The number of hydrogen-bond donors (Lipinski definition) is 1. The summed E-state index contributed by atoms with van der Waals surface area (Å²) >= 11 is 0. The van der Waals surface area contributed by atoms with E-state index in [-0.39, 0.29) is 18.2 Å². The summed E-state index contributed by atoms with van der Waals surface area (Å²) in [4.78, 5) is 34.4. The Bertz CT molecular complexity index is 1010. The molecule has 0 spiro atoms. The minimum absolute atomic E-state index is 0.0691. The predicted octanol–water partition coefficient (Wildman–Crippen LogP) is 2.70. The fraction of sp³-hybridized carbons (Fsp3) is 0.238. The van der Waals surface area contributed by atoms with Gasteiger partial charge in [0.25, 0.3) is 5.91 Å².